The Labute approximate surface area is 121 Å². The van der Waals surface area contributed by atoms with Crippen molar-refractivity contribution in [3.05, 3.63) is 18.2 Å². The van der Waals surface area contributed by atoms with Gasteiger partial charge in [0.25, 0.3) is 0 Å². The first kappa shape index (κ1) is 14.1. The van der Waals surface area contributed by atoms with E-state index < -0.39 is 0 Å². The summed E-state index contributed by atoms with van der Waals surface area (Å²) in [6.07, 6.45) is 9.78. The fourth-order valence-corrected chi connectivity index (χ4v) is 4.08. The highest BCUT2D eigenvalue weighted by Gasteiger charge is 2.38. The van der Waals surface area contributed by atoms with Crippen LogP contribution in [0.2, 0.25) is 0 Å². The number of imidazole rings is 1. The SMILES string of the molecule is CC(C)n1cncc1CN1CCCC1C1CCCC1O. The molecular formula is C16H27N3O. The van der Waals surface area contributed by atoms with Crippen LogP contribution in [0.1, 0.15) is 57.7 Å². The summed E-state index contributed by atoms with van der Waals surface area (Å²) >= 11 is 0. The second-order valence-electron chi connectivity index (χ2n) is 6.73. The van der Waals surface area contributed by atoms with Gasteiger partial charge in [-0.1, -0.05) is 6.42 Å². The van der Waals surface area contributed by atoms with E-state index in [9.17, 15) is 5.11 Å². The maximum atomic E-state index is 10.2. The molecule has 1 saturated carbocycles. The molecule has 1 aromatic heterocycles. The van der Waals surface area contributed by atoms with E-state index in [-0.39, 0.29) is 6.10 Å². The lowest BCUT2D eigenvalue weighted by molar-refractivity contribution is 0.0708. The molecule has 0 aromatic carbocycles. The standard InChI is InChI=1S/C16H27N3O/c1-12(2)19-11-17-9-13(19)10-18-8-4-6-15(18)14-5-3-7-16(14)20/h9,11-12,14-16,20H,3-8,10H2,1-2H3. The van der Waals surface area contributed by atoms with Gasteiger partial charge in [0.05, 0.1) is 18.1 Å². The minimum Gasteiger partial charge on any atom is -0.393 e. The molecule has 2 aliphatic rings. The van der Waals surface area contributed by atoms with Gasteiger partial charge in [-0.05, 0) is 46.1 Å². The number of nitrogens with zero attached hydrogens (tertiary/aromatic N) is 3. The summed E-state index contributed by atoms with van der Waals surface area (Å²) < 4.78 is 2.26. The van der Waals surface area contributed by atoms with Gasteiger partial charge >= 0.3 is 0 Å². The molecule has 1 aliphatic heterocycles. The fraction of sp³-hybridized carbons (Fsp3) is 0.812. The number of aliphatic hydroxyl groups is 1. The lowest BCUT2D eigenvalue weighted by atomic mass is 9.94. The first-order valence-electron chi connectivity index (χ1n) is 8.09. The molecule has 0 spiro atoms. The zero-order chi connectivity index (χ0) is 14.1. The monoisotopic (exact) mass is 277 g/mol. The molecule has 3 unspecified atom stereocenters. The van der Waals surface area contributed by atoms with Gasteiger partial charge in [0, 0.05) is 30.7 Å². The van der Waals surface area contributed by atoms with Crippen LogP contribution in [0.5, 0.6) is 0 Å². The van der Waals surface area contributed by atoms with Crippen molar-refractivity contribution in [3.63, 3.8) is 0 Å². The third kappa shape index (κ3) is 2.63. The predicted molar refractivity (Wildman–Crippen MR) is 79.4 cm³/mol. The molecule has 1 saturated heterocycles. The van der Waals surface area contributed by atoms with Crippen molar-refractivity contribution in [1.29, 1.82) is 0 Å². The fourth-order valence-electron chi connectivity index (χ4n) is 4.08. The highest BCUT2D eigenvalue weighted by Crippen LogP contribution is 2.36. The van der Waals surface area contributed by atoms with Crippen molar-refractivity contribution in [1.82, 2.24) is 14.5 Å². The molecule has 2 heterocycles. The molecule has 3 rings (SSSR count). The van der Waals surface area contributed by atoms with Crippen LogP contribution in [0, 0.1) is 5.92 Å². The average Bonchev–Trinajstić information content (AvgIpc) is 3.10. The van der Waals surface area contributed by atoms with Gasteiger partial charge in [0.1, 0.15) is 0 Å². The van der Waals surface area contributed by atoms with Gasteiger partial charge < -0.3 is 9.67 Å². The molecule has 0 radical (unpaired) electrons. The van der Waals surface area contributed by atoms with E-state index >= 15 is 0 Å². The number of hydrogen-bond acceptors (Lipinski definition) is 3. The summed E-state index contributed by atoms with van der Waals surface area (Å²) in [4.78, 5) is 6.89. The molecule has 2 fully saturated rings. The van der Waals surface area contributed by atoms with Crippen LogP contribution in [0.25, 0.3) is 0 Å². The van der Waals surface area contributed by atoms with Gasteiger partial charge in [0.15, 0.2) is 0 Å². The van der Waals surface area contributed by atoms with Crippen LogP contribution in [-0.2, 0) is 6.54 Å². The number of aromatic nitrogens is 2. The number of hydrogen-bond donors (Lipinski definition) is 1. The Hall–Kier alpha value is -0.870. The van der Waals surface area contributed by atoms with Gasteiger partial charge in [-0.2, -0.15) is 0 Å². The quantitative estimate of drug-likeness (QED) is 0.919. The Kier molecular flexibility index (Phi) is 4.13. The zero-order valence-electron chi connectivity index (χ0n) is 12.7. The van der Waals surface area contributed by atoms with Crippen LogP contribution in [0.4, 0.5) is 0 Å². The molecule has 4 heteroatoms. The van der Waals surface area contributed by atoms with Crippen LogP contribution >= 0.6 is 0 Å². The van der Waals surface area contributed by atoms with E-state index in [0.29, 0.717) is 18.0 Å². The van der Waals surface area contributed by atoms with E-state index in [1.807, 2.05) is 12.5 Å². The molecule has 0 amide bonds. The third-order valence-corrected chi connectivity index (χ3v) is 5.11. The van der Waals surface area contributed by atoms with E-state index in [2.05, 4.69) is 28.3 Å². The highest BCUT2D eigenvalue weighted by atomic mass is 16.3. The molecule has 20 heavy (non-hydrogen) atoms. The van der Waals surface area contributed by atoms with Crippen LogP contribution in [-0.4, -0.2) is 38.2 Å². The predicted octanol–water partition coefficient (Wildman–Crippen LogP) is 2.59. The zero-order valence-corrected chi connectivity index (χ0v) is 12.7. The molecule has 112 valence electrons. The molecule has 1 aliphatic carbocycles. The largest absolute Gasteiger partial charge is 0.393 e. The summed E-state index contributed by atoms with van der Waals surface area (Å²) in [6, 6.07) is 1.04. The van der Waals surface area contributed by atoms with E-state index in [0.717, 1.165) is 19.5 Å². The Morgan fingerprint density at radius 3 is 2.85 bits per heavy atom. The van der Waals surface area contributed by atoms with Gasteiger partial charge in [-0.25, -0.2) is 4.98 Å². The Bertz CT molecular complexity index is 443. The minimum absolute atomic E-state index is 0.0735. The summed E-state index contributed by atoms with van der Waals surface area (Å²) in [5.41, 5.74) is 1.30. The second kappa shape index (κ2) is 5.86. The summed E-state index contributed by atoms with van der Waals surface area (Å²) in [5.74, 6) is 0.493. The molecular weight excluding hydrogens is 250 g/mol. The number of aliphatic hydroxyl groups excluding tert-OH is 1. The molecule has 4 nitrogen and oxygen atoms in total. The van der Waals surface area contributed by atoms with E-state index in [1.165, 1.54) is 31.4 Å². The summed E-state index contributed by atoms with van der Waals surface area (Å²) in [7, 11) is 0. The smallest absolute Gasteiger partial charge is 0.0951 e. The maximum Gasteiger partial charge on any atom is 0.0951 e. The van der Waals surface area contributed by atoms with Crippen molar-refractivity contribution in [3.8, 4) is 0 Å². The van der Waals surface area contributed by atoms with E-state index in [4.69, 9.17) is 0 Å². The van der Waals surface area contributed by atoms with Crippen LogP contribution in [0.3, 0.4) is 0 Å². The number of likely N-dealkylation sites (tertiary alicyclic amines) is 1. The first-order chi connectivity index (χ1) is 9.66. The van der Waals surface area contributed by atoms with Crippen LogP contribution < -0.4 is 0 Å². The van der Waals surface area contributed by atoms with Gasteiger partial charge in [-0.15, -0.1) is 0 Å². The van der Waals surface area contributed by atoms with Crippen molar-refractivity contribution in [2.75, 3.05) is 6.54 Å². The van der Waals surface area contributed by atoms with Crippen molar-refractivity contribution in [2.24, 2.45) is 5.92 Å². The van der Waals surface area contributed by atoms with Crippen molar-refractivity contribution < 1.29 is 5.11 Å². The van der Waals surface area contributed by atoms with Gasteiger partial charge in [-0.3, -0.25) is 4.90 Å². The normalized spacial score (nSPS) is 31.5. The van der Waals surface area contributed by atoms with Crippen molar-refractivity contribution >= 4 is 0 Å². The first-order valence-corrected chi connectivity index (χ1v) is 8.09. The molecule has 1 aromatic rings. The van der Waals surface area contributed by atoms with Gasteiger partial charge in [0.2, 0.25) is 0 Å². The molecule has 3 atom stereocenters. The average molecular weight is 277 g/mol. The Balaban J connectivity index is 1.71. The molecule has 0 bridgehead atoms. The van der Waals surface area contributed by atoms with E-state index in [1.54, 1.807) is 0 Å². The van der Waals surface area contributed by atoms with Crippen molar-refractivity contribution in [2.45, 2.75) is 70.7 Å². The lowest BCUT2D eigenvalue weighted by Gasteiger charge is -2.31. The second-order valence-corrected chi connectivity index (χ2v) is 6.73. The molecule has 1 N–H and O–H groups in total. The topological polar surface area (TPSA) is 41.3 Å². The lowest BCUT2D eigenvalue weighted by Crippen LogP contribution is -2.38. The highest BCUT2D eigenvalue weighted by molar-refractivity contribution is 5.02. The maximum absolute atomic E-state index is 10.2. The Morgan fingerprint density at radius 2 is 2.15 bits per heavy atom. The Morgan fingerprint density at radius 1 is 1.30 bits per heavy atom. The summed E-state index contributed by atoms with van der Waals surface area (Å²) in [5, 5.41) is 10.2. The van der Waals surface area contributed by atoms with Crippen LogP contribution in [0.15, 0.2) is 12.5 Å². The third-order valence-electron chi connectivity index (χ3n) is 5.11. The number of rotatable bonds is 4. The summed E-state index contributed by atoms with van der Waals surface area (Å²) in [6.45, 7) is 6.55. The minimum atomic E-state index is -0.0735.